The lowest BCUT2D eigenvalue weighted by Crippen LogP contribution is -2.40. The van der Waals surface area contributed by atoms with Gasteiger partial charge in [-0.25, -0.2) is 0 Å². The highest BCUT2D eigenvalue weighted by molar-refractivity contribution is 9.10. The van der Waals surface area contributed by atoms with E-state index in [1.807, 2.05) is 24.3 Å². The monoisotopic (exact) mass is 352 g/mol. The Balaban J connectivity index is 1.70. The number of amides is 1. The molecule has 0 saturated carbocycles. The van der Waals surface area contributed by atoms with Crippen molar-refractivity contribution in [2.45, 2.75) is 26.7 Å². The van der Waals surface area contributed by atoms with Gasteiger partial charge in [-0.3, -0.25) is 4.79 Å². The fourth-order valence-corrected chi connectivity index (χ4v) is 3.68. The van der Waals surface area contributed by atoms with Gasteiger partial charge in [-0.05, 0) is 59.3 Å². The van der Waals surface area contributed by atoms with Gasteiger partial charge >= 0.3 is 0 Å². The van der Waals surface area contributed by atoms with Gasteiger partial charge in [0.05, 0.1) is 5.56 Å². The molecule has 1 aromatic rings. The summed E-state index contributed by atoms with van der Waals surface area (Å²) in [4.78, 5) is 14.6. The zero-order valence-electron chi connectivity index (χ0n) is 12.9. The smallest absolute Gasteiger partial charge is 0.252 e. The van der Waals surface area contributed by atoms with E-state index in [2.05, 4.69) is 40.0 Å². The van der Waals surface area contributed by atoms with Crippen LogP contribution >= 0.6 is 15.9 Å². The molecule has 1 aromatic carbocycles. The number of nitrogens with zero attached hydrogens (tertiary/aromatic N) is 1. The van der Waals surface area contributed by atoms with E-state index in [4.69, 9.17) is 0 Å². The summed E-state index contributed by atoms with van der Waals surface area (Å²) in [7, 11) is 0. The van der Waals surface area contributed by atoms with Crippen LogP contribution < -0.4 is 5.32 Å². The van der Waals surface area contributed by atoms with Gasteiger partial charge in [-0.1, -0.05) is 26.0 Å². The molecular weight excluding hydrogens is 328 g/mol. The molecule has 2 rings (SSSR count). The van der Waals surface area contributed by atoms with Crippen LogP contribution in [0.4, 0.5) is 0 Å². The highest BCUT2D eigenvalue weighted by Crippen LogP contribution is 2.20. The quantitative estimate of drug-likeness (QED) is 0.821. The summed E-state index contributed by atoms with van der Waals surface area (Å²) < 4.78 is 0.848. The zero-order valence-corrected chi connectivity index (χ0v) is 14.5. The molecule has 0 radical (unpaired) electrons. The van der Waals surface area contributed by atoms with Gasteiger partial charge in [0.15, 0.2) is 0 Å². The summed E-state index contributed by atoms with van der Waals surface area (Å²) in [5, 5.41) is 3.01. The zero-order chi connectivity index (χ0) is 15.2. The average Bonchev–Trinajstić information content (AvgIpc) is 2.43. The molecule has 0 spiro atoms. The lowest BCUT2D eigenvalue weighted by molar-refractivity contribution is 0.0946. The molecule has 1 aliphatic rings. The van der Waals surface area contributed by atoms with Gasteiger partial charge in [-0.2, -0.15) is 0 Å². The van der Waals surface area contributed by atoms with Crippen molar-refractivity contribution in [1.82, 2.24) is 10.2 Å². The van der Waals surface area contributed by atoms with Gasteiger partial charge in [0.25, 0.3) is 5.91 Å². The molecule has 1 saturated heterocycles. The fourth-order valence-electron chi connectivity index (χ4n) is 3.22. The number of benzene rings is 1. The molecule has 0 aromatic heterocycles. The molecule has 0 bridgehead atoms. The molecule has 2 atom stereocenters. The third-order valence-electron chi connectivity index (χ3n) is 4.00. The van der Waals surface area contributed by atoms with Crippen molar-refractivity contribution in [1.29, 1.82) is 0 Å². The van der Waals surface area contributed by atoms with E-state index in [1.54, 1.807) is 0 Å². The molecule has 21 heavy (non-hydrogen) atoms. The van der Waals surface area contributed by atoms with Crippen molar-refractivity contribution < 1.29 is 4.79 Å². The summed E-state index contributed by atoms with van der Waals surface area (Å²) in [6.45, 7) is 8.87. The van der Waals surface area contributed by atoms with E-state index in [0.29, 0.717) is 5.56 Å². The average molecular weight is 353 g/mol. The van der Waals surface area contributed by atoms with Gasteiger partial charge in [0.1, 0.15) is 0 Å². The Kier molecular flexibility index (Phi) is 6.24. The highest BCUT2D eigenvalue weighted by atomic mass is 79.9. The van der Waals surface area contributed by atoms with E-state index in [-0.39, 0.29) is 5.91 Å². The van der Waals surface area contributed by atoms with Crippen molar-refractivity contribution in [3.05, 3.63) is 34.3 Å². The number of likely N-dealkylation sites (tertiary alicyclic amines) is 1. The molecule has 1 fully saturated rings. The number of hydrogen-bond donors (Lipinski definition) is 1. The van der Waals surface area contributed by atoms with E-state index in [0.717, 1.165) is 35.8 Å². The molecule has 0 aliphatic carbocycles. The predicted molar refractivity (Wildman–Crippen MR) is 90.5 cm³/mol. The van der Waals surface area contributed by atoms with E-state index in [9.17, 15) is 4.79 Å². The topological polar surface area (TPSA) is 32.3 Å². The Bertz CT molecular complexity index is 468. The first-order valence-electron chi connectivity index (χ1n) is 7.81. The summed E-state index contributed by atoms with van der Waals surface area (Å²) in [5.74, 6) is 1.59. The number of piperidine rings is 1. The van der Waals surface area contributed by atoms with Crippen LogP contribution in [-0.2, 0) is 0 Å². The molecular formula is C17H25BrN2O. The first-order valence-corrected chi connectivity index (χ1v) is 8.60. The summed E-state index contributed by atoms with van der Waals surface area (Å²) >= 11 is 3.41. The Morgan fingerprint density at radius 2 is 1.95 bits per heavy atom. The van der Waals surface area contributed by atoms with Gasteiger partial charge in [0, 0.05) is 24.1 Å². The van der Waals surface area contributed by atoms with Gasteiger partial charge < -0.3 is 10.2 Å². The van der Waals surface area contributed by atoms with E-state index >= 15 is 0 Å². The van der Waals surface area contributed by atoms with Gasteiger partial charge in [-0.15, -0.1) is 0 Å². The van der Waals surface area contributed by atoms with Gasteiger partial charge in [0.2, 0.25) is 0 Å². The minimum Gasteiger partial charge on any atom is -0.352 e. The minimum absolute atomic E-state index is 0.00264. The first-order chi connectivity index (χ1) is 10.1. The Morgan fingerprint density at radius 1 is 1.29 bits per heavy atom. The maximum atomic E-state index is 12.1. The number of halogens is 1. The number of carbonyl (C=O) groups is 1. The lowest BCUT2D eigenvalue weighted by atomic mass is 9.92. The Hall–Kier alpha value is -0.870. The molecule has 1 N–H and O–H groups in total. The summed E-state index contributed by atoms with van der Waals surface area (Å²) in [6.07, 6.45) is 2.35. The predicted octanol–water partition coefficient (Wildman–Crippen LogP) is 3.55. The Labute approximate surface area is 136 Å². The summed E-state index contributed by atoms with van der Waals surface area (Å²) in [5.41, 5.74) is 0.706. The maximum Gasteiger partial charge on any atom is 0.252 e. The third kappa shape index (κ3) is 5.11. The van der Waals surface area contributed by atoms with Crippen LogP contribution in [0.3, 0.4) is 0 Å². The molecule has 0 unspecified atom stereocenters. The standard InChI is InChI=1S/C17H25BrN2O/c1-13-10-14(2)12-20(11-13)9-5-8-19-17(21)15-6-3-4-7-16(15)18/h3-4,6-7,13-14H,5,8-12H2,1-2H3,(H,19,21)/t13-,14-/m0/s1. The number of hydrogen-bond acceptors (Lipinski definition) is 2. The molecule has 3 nitrogen and oxygen atoms in total. The van der Waals surface area contributed by atoms with Crippen molar-refractivity contribution >= 4 is 21.8 Å². The first kappa shape index (κ1) is 16.5. The lowest BCUT2D eigenvalue weighted by Gasteiger charge is -2.34. The van der Waals surface area contributed by atoms with Crippen molar-refractivity contribution in [3.63, 3.8) is 0 Å². The van der Waals surface area contributed by atoms with E-state index in [1.165, 1.54) is 19.5 Å². The van der Waals surface area contributed by atoms with Crippen LogP contribution in [0.1, 0.15) is 37.0 Å². The number of nitrogens with one attached hydrogen (secondary N) is 1. The van der Waals surface area contributed by atoms with Crippen molar-refractivity contribution in [3.8, 4) is 0 Å². The fraction of sp³-hybridized carbons (Fsp3) is 0.588. The third-order valence-corrected chi connectivity index (χ3v) is 4.69. The molecule has 1 amide bonds. The molecule has 1 aliphatic heterocycles. The highest BCUT2D eigenvalue weighted by Gasteiger charge is 2.21. The second-order valence-corrected chi connectivity index (χ2v) is 7.15. The number of rotatable bonds is 5. The van der Waals surface area contributed by atoms with Crippen LogP contribution in [0, 0.1) is 11.8 Å². The second-order valence-electron chi connectivity index (χ2n) is 6.29. The van der Waals surface area contributed by atoms with Crippen LogP contribution in [0.2, 0.25) is 0 Å². The van der Waals surface area contributed by atoms with Crippen molar-refractivity contribution in [2.24, 2.45) is 11.8 Å². The van der Waals surface area contributed by atoms with Crippen LogP contribution in [-0.4, -0.2) is 37.0 Å². The largest absolute Gasteiger partial charge is 0.352 e. The maximum absolute atomic E-state index is 12.1. The molecule has 1 heterocycles. The van der Waals surface area contributed by atoms with Crippen LogP contribution in [0.15, 0.2) is 28.7 Å². The van der Waals surface area contributed by atoms with E-state index < -0.39 is 0 Å². The molecule has 4 heteroatoms. The Morgan fingerprint density at radius 3 is 2.62 bits per heavy atom. The SMILES string of the molecule is C[C@H]1C[C@H](C)CN(CCCNC(=O)c2ccccc2Br)C1. The second kappa shape index (κ2) is 7.95. The van der Waals surface area contributed by atoms with Crippen molar-refractivity contribution in [2.75, 3.05) is 26.2 Å². The summed E-state index contributed by atoms with van der Waals surface area (Å²) in [6, 6.07) is 7.54. The normalized spacial score (nSPS) is 23.0. The van der Waals surface area contributed by atoms with Crippen LogP contribution in [0.5, 0.6) is 0 Å². The molecule has 116 valence electrons. The minimum atomic E-state index is 0.00264. The number of carbonyl (C=O) groups excluding carboxylic acids is 1. The van der Waals surface area contributed by atoms with Crippen LogP contribution in [0.25, 0.3) is 0 Å².